The maximum absolute atomic E-state index is 12.7. The molecule has 1 saturated carbocycles. The van der Waals surface area contributed by atoms with Gasteiger partial charge >= 0.3 is 6.18 Å². The van der Waals surface area contributed by atoms with Crippen molar-refractivity contribution in [1.29, 1.82) is 0 Å². The molecular weight excluding hydrogens is 357 g/mol. The fourth-order valence-corrected chi connectivity index (χ4v) is 2.88. The van der Waals surface area contributed by atoms with Gasteiger partial charge in [-0.1, -0.05) is 18.2 Å². The summed E-state index contributed by atoms with van der Waals surface area (Å²) in [7, 11) is 0. The van der Waals surface area contributed by atoms with E-state index < -0.39 is 29.5 Å². The summed E-state index contributed by atoms with van der Waals surface area (Å²) in [4.78, 5) is 24.6. The van der Waals surface area contributed by atoms with Crippen molar-refractivity contribution in [2.24, 2.45) is 11.8 Å². The lowest BCUT2D eigenvalue weighted by Crippen LogP contribution is -2.21. The smallest absolute Gasteiger partial charge is 0.326 e. The second-order valence-corrected chi connectivity index (χ2v) is 6.82. The van der Waals surface area contributed by atoms with E-state index >= 15 is 0 Å². The van der Waals surface area contributed by atoms with E-state index in [1.54, 1.807) is 0 Å². The molecule has 142 valence electrons. The number of amides is 2. The van der Waals surface area contributed by atoms with E-state index in [2.05, 4.69) is 10.6 Å². The Bertz CT molecular complexity index is 893. The van der Waals surface area contributed by atoms with Gasteiger partial charge < -0.3 is 10.6 Å². The SMILES string of the molecule is Cc1ccc(C)c(NC(=O)C2CC2C(=O)Nc2cccc(C(F)(F)F)c2)c1. The van der Waals surface area contributed by atoms with Crippen molar-refractivity contribution in [2.75, 3.05) is 10.6 Å². The Morgan fingerprint density at radius 2 is 1.63 bits per heavy atom. The molecule has 2 atom stereocenters. The number of hydrogen-bond acceptors (Lipinski definition) is 2. The van der Waals surface area contributed by atoms with Crippen LogP contribution in [0.25, 0.3) is 0 Å². The average Bonchev–Trinajstić information content (AvgIpc) is 3.38. The molecule has 0 aliphatic heterocycles. The van der Waals surface area contributed by atoms with Crippen molar-refractivity contribution < 1.29 is 22.8 Å². The van der Waals surface area contributed by atoms with Gasteiger partial charge in [0.15, 0.2) is 0 Å². The molecule has 2 unspecified atom stereocenters. The number of benzene rings is 2. The zero-order chi connectivity index (χ0) is 19.8. The summed E-state index contributed by atoms with van der Waals surface area (Å²) >= 11 is 0. The maximum atomic E-state index is 12.7. The molecule has 1 aliphatic rings. The first-order valence-corrected chi connectivity index (χ1v) is 8.51. The van der Waals surface area contributed by atoms with Crippen LogP contribution in [-0.4, -0.2) is 11.8 Å². The van der Waals surface area contributed by atoms with Crippen LogP contribution in [0.2, 0.25) is 0 Å². The van der Waals surface area contributed by atoms with Gasteiger partial charge in [-0.25, -0.2) is 0 Å². The number of carbonyl (C=O) groups excluding carboxylic acids is 2. The lowest BCUT2D eigenvalue weighted by Gasteiger charge is -2.10. The fraction of sp³-hybridized carbons (Fsp3) is 0.300. The Morgan fingerprint density at radius 3 is 2.30 bits per heavy atom. The molecule has 2 aromatic rings. The van der Waals surface area contributed by atoms with E-state index in [0.717, 1.165) is 23.3 Å². The molecule has 27 heavy (non-hydrogen) atoms. The summed E-state index contributed by atoms with van der Waals surface area (Å²) in [6.07, 6.45) is -4.10. The molecule has 0 saturated heterocycles. The van der Waals surface area contributed by atoms with E-state index in [-0.39, 0.29) is 11.6 Å². The molecule has 2 amide bonds. The quantitative estimate of drug-likeness (QED) is 0.823. The van der Waals surface area contributed by atoms with Crippen molar-refractivity contribution >= 4 is 23.2 Å². The maximum Gasteiger partial charge on any atom is 0.416 e. The Morgan fingerprint density at radius 1 is 0.963 bits per heavy atom. The molecule has 3 rings (SSSR count). The molecule has 0 aromatic heterocycles. The van der Waals surface area contributed by atoms with Gasteiger partial charge in [-0.3, -0.25) is 9.59 Å². The lowest BCUT2D eigenvalue weighted by molar-refractivity contribution is -0.137. The molecule has 1 fully saturated rings. The van der Waals surface area contributed by atoms with Gasteiger partial charge in [-0.05, 0) is 55.7 Å². The summed E-state index contributed by atoms with van der Waals surface area (Å²) < 4.78 is 38.2. The summed E-state index contributed by atoms with van der Waals surface area (Å²) in [5.74, 6) is -1.72. The van der Waals surface area contributed by atoms with E-state index in [0.29, 0.717) is 12.1 Å². The highest BCUT2D eigenvalue weighted by Gasteiger charge is 2.48. The molecule has 0 heterocycles. The van der Waals surface area contributed by atoms with E-state index in [4.69, 9.17) is 0 Å². The van der Waals surface area contributed by atoms with Crippen molar-refractivity contribution in [3.05, 3.63) is 59.2 Å². The number of nitrogens with one attached hydrogen (secondary N) is 2. The predicted octanol–water partition coefficient (Wildman–Crippen LogP) is 4.54. The molecule has 1 aliphatic carbocycles. The number of rotatable bonds is 4. The molecule has 0 radical (unpaired) electrons. The van der Waals surface area contributed by atoms with Gasteiger partial charge in [0.2, 0.25) is 11.8 Å². The van der Waals surface area contributed by atoms with Crippen molar-refractivity contribution in [1.82, 2.24) is 0 Å². The minimum Gasteiger partial charge on any atom is -0.326 e. The first-order chi connectivity index (χ1) is 12.6. The number of hydrogen-bond donors (Lipinski definition) is 2. The van der Waals surface area contributed by atoms with Gasteiger partial charge in [0.05, 0.1) is 17.4 Å². The number of carbonyl (C=O) groups is 2. The van der Waals surface area contributed by atoms with Gasteiger partial charge in [0, 0.05) is 11.4 Å². The zero-order valence-corrected chi connectivity index (χ0v) is 14.9. The van der Waals surface area contributed by atoms with Crippen LogP contribution >= 0.6 is 0 Å². The standard InChI is InChI=1S/C20H19F3N2O2/c1-11-6-7-12(2)17(8-11)25-19(27)16-10-15(16)18(26)24-14-5-3-4-13(9-14)20(21,22)23/h3-9,15-16H,10H2,1-2H3,(H,24,26)(H,25,27). The highest BCUT2D eigenvalue weighted by molar-refractivity contribution is 6.03. The third kappa shape index (κ3) is 4.48. The second kappa shape index (κ2) is 7.06. The summed E-state index contributed by atoms with van der Waals surface area (Å²) in [5, 5.41) is 5.29. The van der Waals surface area contributed by atoms with Crippen molar-refractivity contribution in [3.8, 4) is 0 Å². The molecule has 2 N–H and O–H groups in total. The summed E-state index contributed by atoms with van der Waals surface area (Å²) in [5.41, 5.74) is 1.85. The molecule has 7 heteroatoms. The Hall–Kier alpha value is -2.83. The molecule has 4 nitrogen and oxygen atoms in total. The van der Waals surface area contributed by atoms with Crippen LogP contribution in [0, 0.1) is 25.7 Å². The monoisotopic (exact) mass is 376 g/mol. The first kappa shape index (κ1) is 18.9. The van der Waals surface area contributed by atoms with Crippen molar-refractivity contribution in [2.45, 2.75) is 26.4 Å². The van der Waals surface area contributed by atoms with Crippen LogP contribution in [0.15, 0.2) is 42.5 Å². The van der Waals surface area contributed by atoms with Gasteiger partial charge in [0.25, 0.3) is 0 Å². The van der Waals surface area contributed by atoms with Gasteiger partial charge in [-0.15, -0.1) is 0 Å². The average molecular weight is 376 g/mol. The highest BCUT2D eigenvalue weighted by Crippen LogP contribution is 2.40. The van der Waals surface area contributed by atoms with Crippen LogP contribution in [0.5, 0.6) is 0 Å². The third-order valence-electron chi connectivity index (χ3n) is 4.57. The predicted molar refractivity (Wildman–Crippen MR) is 96.2 cm³/mol. The topological polar surface area (TPSA) is 58.2 Å². The number of aryl methyl sites for hydroxylation is 2. The minimum atomic E-state index is -4.48. The van der Waals surface area contributed by atoms with E-state index in [1.165, 1.54) is 12.1 Å². The van der Waals surface area contributed by atoms with Gasteiger partial charge in [-0.2, -0.15) is 13.2 Å². The molecule has 0 bridgehead atoms. The third-order valence-corrected chi connectivity index (χ3v) is 4.57. The zero-order valence-electron chi connectivity index (χ0n) is 14.9. The lowest BCUT2D eigenvalue weighted by atomic mass is 10.1. The largest absolute Gasteiger partial charge is 0.416 e. The van der Waals surface area contributed by atoms with Crippen LogP contribution in [0.1, 0.15) is 23.1 Å². The fourth-order valence-electron chi connectivity index (χ4n) is 2.88. The van der Waals surface area contributed by atoms with Crippen molar-refractivity contribution in [3.63, 3.8) is 0 Å². The van der Waals surface area contributed by atoms with Gasteiger partial charge in [0.1, 0.15) is 0 Å². The van der Waals surface area contributed by atoms with Crippen LogP contribution in [-0.2, 0) is 15.8 Å². The second-order valence-electron chi connectivity index (χ2n) is 6.82. The number of halogens is 3. The normalized spacial score (nSPS) is 18.7. The van der Waals surface area contributed by atoms with Crippen LogP contribution < -0.4 is 10.6 Å². The van der Waals surface area contributed by atoms with Crippen LogP contribution in [0.4, 0.5) is 24.5 Å². The number of alkyl halides is 3. The Balaban J connectivity index is 1.60. The van der Waals surface area contributed by atoms with Crippen LogP contribution in [0.3, 0.4) is 0 Å². The summed E-state index contributed by atoms with van der Waals surface area (Å²) in [6.45, 7) is 3.79. The molecular formula is C20H19F3N2O2. The highest BCUT2D eigenvalue weighted by atomic mass is 19.4. The molecule has 2 aromatic carbocycles. The Labute approximate surface area is 154 Å². The Kier molecular flexibility index (Phi) is 4.95. The van der Waals surface area contributed by atoms with E-state index in [1.807, 2.05) is 32.0 Å². The minimum absolute atomic E-state index is 0.0652. The molecule has 0 spiro atoms. The number of anilines is 2. The first-order valence-electron chi connectivity index (χ1n) is 8.51. The van der Waals surface area contributed by atoms with E-state index in [9.17, 15) is 22.8 Å². The summed E-state index contributed by atoms with van der Waals surface area (Å²) in [6, 6.07) is 10.1.